The molecule has 2 aliphatic heterocycles. The zero-order valence-corrected chi connectivity index (χ0v) is 19.2. The molecule has 0 radical (unpaired) electrons. The van der Waals surface area contributed by atoms with Crippen LogP contribution in [-0.2, 0) is 11.8 Å². The number of carbonyl (C=O) groups is 2. The SMILES string of the molecule is Cc1ccccc1OCC(=O)N1CCC2(CC1)CCN(C(=O)c1c([N+](=O)[O-])c(C)nn1C)C2. The van der Waals surface area contributed by atoms with Gasteiger partial charge >= 0.3 is 5.69 Å². The Hall–Kier alpha value is -3.43. The zero-order chi connectivity index (χ0) is 23.8. The number of nitro groups is 1. The van der Waals surface area contributed by atoms with Crippen LogP contribution in [-0.4, -0.2) is 69.1 Å². The van der Waals surface area contributed by atoms with E-state index in [1.807, 2.05) is 36.1 Å². The second kappa shape index (κ2) is 8.84. The van der Waals surface area contributed by atoms with E-state index in [2.05, 4.69) is 5.10 Å². The summed E-state index contributed by atoms with van der Waals surface area (Å²) in [7, 11) is 1.56. The van der Waals surface area contributed by atoms with Gasteiger partial charge in [-0.25, -0.2) is 0 Å². The third-order valence-electron chi connectivity index (χ3n) is 6.92. The van der Waals surface area contributed by atoms with Crippen LogP contribution in [0.25, 0.3) is 0 Å². The molecule has 2 amide bonds. The summed E-state index contributed by atoms with van der Waals surface area (Å²) in [6.07, 6.45) is 2.41. The quantitative estimate of drug-likeness (QED) is 0.506. The van der Waals surface area contributed by atoms with Gasteiger partial charge in [0.1, 0.15) is 11.4 Å². The first-order valence-electron chi connectivity index (χ1n) is 11.1. The molecule has 0 bridgehead atoms. The number of rotatable bonds is 5. The topological polar surface area (TPSA) is 111 Å². The molecule has 10 nitrogen and oxygen atoms in total. The maximum Gasteiger partial charge on any atom is 0.322 e. The summed E-state index contributed by atoms with van der Waals surface area (Å²) >= 11 is 0. The molecule has 3 heterocycles. The van der Waals surface area contributed by atoms with E-state index in [1.165, 1.54) is 11.6 Å². The molecule has 0 saturated carbocycles. The molecular weight excluding hydrogens is 426 g/mol. The van der Waals surface area contributed by atoms with E-state index in [9.17, 15) is 19.7 Å². The van der Waals surface area contributed by atoms with Crippen molar-refractivity contribution in [2.45, 2.75) is 33.1 Å². The van der Waals surface area contributed by atoms with Crippen molar-refractivity contribution in [3.63, 3.8) is 0 Å². The van der Waals surface area contributed by atoms with Crippen molar-refractivity contribution >= 4 is 17.5 Å². The number of likely N-dealkylation sites (tertiary alicyclic amines) is 2. The van der Waals surface area contributed by atoms with Crippen LogP contribution in [0.15, 0.2) is 24.3 Å². The van der Waals surface area contributed by atoms with Crippen molar-refractivity contribution < 1.29 is 19.2 Å². The van der Waals surface area contributed by atoms with E-state index in [0.717, 1.165) is 24.8 Å². The summed E-state index contributed by atoms with van der Waals surface area (Å²) in [6.45, 7) is 5.80. The van der Waals surface area contributed by atoms with Gasteiger partial charge in [0.25, 0.3) is 11.8 Å². The van der Waals surface area contributed by atoms with Gasteiger partial charge in [-0.15, -0.1) is 0 Å². The number of carbonyl (C=O) groups excluding carboxylic acids is 2. The Kier molecular flexibility index (Phi) is 6.09. The van der Waals surface area contributed by atoms with Gasteiger partial charge in [-0.2, -0.15) is 5.10 Å². The van der Waals surface area contributed by atoms with Crippen molar-refractivity contribution in [1.29, 1.82) is 0 Å². The molecule has 2 aliphatic rings. The van der Waals surface area contributed by atoms with Gasteiger partial charge < -0.3 is 14.5 Å². The number of benzene rings is 1. The first-order valence-corrected chi connectivity index (χ1v) is 11.1. The highest BCUT2D eigenvalue weighted by molar-refractivity contribution is 5.97. The minimum Gasteiger partial charge on any atom is -0.484 e. The maximum absolute atomic E-state index is 13.1. The number of piperidine rings is 1. The van der Waals surface area contributed by atoms with Gasteiger partial charge in [-0.05, 0) is 50.2 Å². The lowest BCUT2D eigenvalue weighted by Crippen LogP contribution is -2.46. The molecule has 2 aromatic rings. The van der Waals surface area contributed by atoms with Gasteiger partial charge in [0.15, 0.2) is 6.61 Å². The molecule has 10 heteroatoms. The number of amides is 2. The lowest BCUT2D eigenvalue weighted by atomic mass is 9.78. The molecule has 2 saturated heterocycles. The van der Waals surface area contributed by atoms with Gasteiger partial charge in [-0.3, -0.25) is 24.4 Å². The Labute approximate surface area is 192 Å². The second-order valence-electron chi connectivity index (χ2n) is 9.08. The lowest BCUT2D eigenvalue weighted by molar-refractivity contribution is -0.385. The molecule has 1 aromatic heterocycles. The fraction of sp³-hybridized carbons (Fsp3) is 0.522. The van der Waals surface area contributed by atoms with Crippen LogP contribution in [0.2, 0.25) is 0 Å². The summed E-state index contributed by atoms with van der Waals surface area (Å²) in [5.74, 6) is 0.315. The number of para-hydroxylation sites is 1. The highest BCUT2D eigenvalue weighted by Crippen LogP contribution is 2.41. The summed E-state index contributed by atoms with van der Waals surface area (Å²) in [5.41, 5.74) is 0.959. The van der Waals surface area contributed by atoms with E-state index in [4.69, 9.17) is 4.74 Å². The van der Waals surface area contributed by atoms with Gasteiger partial charge in [0, 0.05) is 33.2 Å². The average molecular weight is 456 g/mol. The second-order valence-corrected chi connectivity index (χ2v) is 9.08. The Balaban J connectivity index is 1.35. The number of hydrogen-bond donors (Lipinski definition) is 0. The Morgan fingerprint density at radius 3 is 2.39 bits per heavy atom. The van der Waals surface area contributed by atoms with Gasteiger partial charge in [-0.1, -0.05) is 18.2 Å². The summed E-state index contributed by atoms with van der Waals surface area (Å²) in [5, 5.41) is 15.5. The minimum absolute atomic E-state index is 0.00592. The van der Waals surface area contributed by atoms with Crippen LogP contribution in [0.5, 0.6) is 5.75 Å². The van der Waals surface area contributed by atoms with Crippen LogP contribution in [0, 0.1) is 29.4 Å². The first kappa shape index (κ1) is 22.8. The van der Waals surface area contributed by atoms with E-state index in [1.54, 1.807) is 11.9 Å². The summed E-state index contributed by atoms with van der Waals surface area (Å²) < 4.78 is 7.00. The van der Waals surface area contributed by atoms with Crippen molar-refractivity contribution in [3.05, 3.63) is 51.3 Å². The largest absolute Gasteiger partial charge is 0.484 e. The number of ether oxygens (including phenoxy) is 1. The third-order valence-corrected chi connectivity index (χ3v) is 6.92. The predicted octanol–water partition coefficient (Wildman–Crippen LogP) is 2.48. The molecule has 0 unspecified atom stereocenters. The fourth-order valence-corrected chi connectivity index (χ4v) is 4.95. The smallest absolute Gasteiger partial charge is 0.322 e. The number of hydrogen-bond acceptors (Lipinski definition) is 6. The number of aromatic nitrogens is 2. The van der Waals surface area contributed by atoms with Crippen LogP contribution in [0.3, 0.4) is 0 Å². The molecule has 0 N–H and O–H groups in total. The van der Waals surface area contributed by atoms with Crippen LogP contribution < -0.4 is 4.74 Å². The van der Waals surface area contributed by atoms with Crippen LogP contribution >= 0.6 is 0 Å². The van der Waals surface area contributed by atoms with E-state index in [0.29, 0.717) is 31.9 Å². The summed E-state index contributed by atoms with van der Waals surface area (Å²) in [6, 6.07) is 7.61. The Morgan fingerprint density at radius 2 is 1.76 bits per heavy atom. The zero-order valence-electron chi connectivity index (χ0n) is 19.2. The standard InChI is InChI=1S/C23H29N5O5/c1-16-6-4-5-7-18(16)33-14-19(29)26-11-8-23(9-12-26)10-13-27(15-23)22(30)21-20(28(31)32)17(2)24-25(21)3/h4-7H,8-15H2,1-3H3. The minimum atomic E-state index is -0.537. The molecule has 4 rings (SSSR count). The van der Waals surface area contributed by atoms with Crippen molar-refractivity contribution in [3.8, 4) is 5.75 Å². The summed E-state index contributed by atoms with van der Waals surface area (Å²) in [4.78, 5) is 40.2. The maximum atomic E-state index is 13.1. The first-order chi connectivity index (χ1) is 15.7. The fourth-order valence-electron chi connectivity index (χ4n) is 4.95. The highest BCUT2D eigenvalue weighted by Gasteiger charge is 2.44. The average Bonchev–Trinajstić information content (AvgIpc) is 3.33. The Morgan fingerprint density at radius 1 is 1.12 bits per heavy atom. The van der Waals surface area contributed by atoms with Crippen LogP contribution in [0.1, 0.15) is 41.0 Å². The van der Waals surface area contributed by atoms with E-state index in [-0.39, 0.29) is 40.9 Å². The van der Waals surface area contributed by atoms with E-state index < -0.39 is 4.92 Å². The molecule has 176 valence electrons. The number of aryl methyl sites for hydroxylation is 3. The lowest BCUT2D eigenvalue weighted by Gasteiger charge is -2.39. The highest BCUT2D eigenvalue weighted by atomic mass is 16.6. The predicted molar refractivity (Wildman–Crippen MR) is 120 cm³/mol. The molecule has 2 fully saturated rings. The normalized spacial score (nSPS) is 17.4. The van der Waals surface area contributed by atoms with Gasteiger partial charge in [0.05, 0.1) is 4.92 Å². The Bertz CT molecular complexity index is 1090. The molecule has 1 aromatic carbocycles. The van der Waals surface area contributed by atoms with Crippen molar-refractivity contribution in [2.24, 2.45) is 12.5 Å². The van der Waals surface area contributed by atoms with Crippen molar-refractivity contribution in [2.75, 3.05) is 32.8 Å². The molecule has 0 aliphatic carbocycles. The van der Waals surface area contributed by atoms with Crippen LogP contribution in [0.4, 0.5) is 5.69 Å². The molecular formula is C23H29N5O5. The monoisotopic (exact) mass is 455 g/mol. The third kappa shape index (κ3) is 4.42. The van der Waals surface area contributed by atoms with E-state index >= 15 is 0 Å². The molecule has 33 heavy (non-hydrogen) atoms. The van der Waals surface area contributed by atoms with Gasteiger partial charge in [0.2, 0.25) is 5.69 Å². The van der Waals surface area contributed by atoms with Crippen molar-refractivity contribution in [1.82, 2.24) is 19.6 Å². The number of nitrogens with zero attached hydrogens (tertiary/aromatic N) is 5. The molecule has 1 spiro atoms. The molecule has 0 atom stereocenters.